The summed E-state index contributed by atoms with van der Waals surface area (Å²) >= 11 is 12.4. The molecule has 0 radical (unpaired) electrons. The van der Waals surface area contributed by atoms with Gasteiger partial charge in [0.15, 0.2) is 11.6 Å². The van der Waals surface area contributed by atoms with Gasteiger partial charge in [-0.3, -0.25) is 9.69 Å². The third-order valence-corrected chi connectivity index (χ3v) is 7.72. The lowest BCUT2D eigenvalue weighted by Gasteiger charge is -2.19. The molecule has 1 aliphatic rings. The van der Waals surface area contributed by atoms with Crippen molar-refractivity contribution in [3.05, 3.63) is 112 Å². The molecule has 3 N–H and O–H groups in total. The fraction of sp³-hybridized carbons (Fsp3) is 0.226. The number of nitrogens with one attached hydrogen (secondary N) is 1. The van der Waals surface area contributed by atoms with Gasteiger partial charge >= 0.3 is 0 Å². The Morgan fingerprint density at radius 3 is 2.62 bits per heavy atom. The number of pyridine rings is 1. The second-order valence-electron chi connectivity index (χ2n) is 9.88. The minimum absolute atomic E-state index is 0.0990. The summed E-state index contributed by atoms with van der Waals surface area (Å²) in [5.41, 5.74) is 9.81. The summed E-state index contributed by atoms with van der Waals surface area (Å²) in [6.45, 7) is 4.36. The van der Waals surface area contributed by atoms with Crippen molar-refractivity contribution in [2.24, 2.45) is 0 Å². The van der Waals surface area contributed by atoms with Crippen molar-refractivity contribution in [3.8, 4) is 16.9 Å². The van der Waals surface area contributed by atoms with Crippen molar-refractivity contribution < 1.29 is 13.9 Å². The normalized spacial score (nSPS) is 16.1. The largest absolute Gasteiger partial charge is 0.482 e. The van der Waals surface area contributed by atoms with E-state index in [4.69, 9.17) is 33.7 Å². The van der Waals surface area contributed by atoms with Gasteiger partial charge in [0.05, 0.1) is 5.02 Å². The van der Waals surface area contributed by atoms with Crippen LogP contribution in [0.3, 0.4) is 0 Å². The van der Waals surface area contributed by atoms with E-state index in [1.54, 1.807) is 31.3 Å². The maximum atomic E-state index is 14.0. The Labute approximate surface area is 242 Å². The lowest BCUT2D eigenvalue weighted by Crippen LogP contribution is -2.36. The van der Waals surface area contributed by atoms with Gasteiger partial charge < -0.3 is 15.8 Å². The first kappa shape index (κ1) is 27.9. The highest BCUT2D eigenvalue weighted by molar-refractivity contribution is 6.36. The van der Waals surface area contributed by atoms with Crippen LogP contribution in [-0.4, -0.2) is 34.9 Å². The van der Waals surface area contributed by atoms with Crippen molar-refractivity contribution in [1.29, 1.82) is 0 Å². The van der Waals surface area contributed by atoms with Gasteiger partial charge in [-0.25, -0.2) is 9.37 Å². The zero-order valence-electron chi connectivity index (χ0n) is 21.9. The van der Waals surface area contributed by atoms with Crippen LogP contribution in [-0.2, 0) is 6.54 Å². The lowest BCUT2D eigenvalue weighted by molar-refractivity contribution is 0.0937. The van der Waals surface area contributed by atoms with Gasteiger partial charge in [0, 0.05) is 53.6 Å². The van der Waals surface area contributed by atoms with Crippen molar-refractivity contribution in [2.45, 2.75) is 32.0 Å². The summed E-state index contributed by atoms with van der Waals surface area (Å²) < 4.78 is 20.0. The van der Waals surface area contributed by atoms with E-state index in [1.165, 1.54) is 17.7 Å². The van der Waals surface area contributed by atoms with Crippen LogP contribution >= 0.6 is 23.2 Å². The maximum absolute atomic E-state index is 14.0. The van der Waals surface area contributed by atoms with Crippen LogP contribution in [0.15, 0.2) is 79.0 Å². The Kier molecular flexibility index (Phi) is 8.54. The topological polar surface area (TPSA) is 80.5 Å². The average molecular weight is 580 g/mol. The zero-order valence-corrected chi connectivity index (χ0v) is 23.4. The third-order valence-electron chi connectivity index (χ3n) is 7.01. The molecule has 0 spiro atoms. The van der Waals surface area contributed by atoms with E-state index in [0.717, 1.165) is 37.2 Å². The van der Waals surface area contributed by atoms with Crippen molar-refractivity contribution in [1.82, 2.24) is 15.2 Å². The first-order chi connectivity index (χ1) is 19.3. The molecule has 1 aromatic heterocycles. The molecule has 1 aliphatic heterocycles. The molecule has 1 fully saturated rings. The molecule has 40 heavy (non-hydrogen) atoms. The highest BCUT2D eigenvalue weighted by Crippen LogP contribution is 2.37. The van der Waals surface area contributed by atoms with Gasteiger partial charge in [-0.15, -0.1) is 0 Å². The number of rotatable bonds is 8. The summed E-state index contributed by atoms with van der Waals surface area (Å²) in [6.07, 6.45) is 1.87. The molecule has 206 valence electrons. The summed E-state index contributed by atoms with van der Waals surface area (Å²) in [7, 11) is 0. The van der Waals surface area contributed by atoms with Gasteiger partial charge in [0.25, 0.3) is 5.91 Å². The number of ether oxygens (including phenoxy) is 1. The van der Waals surface area contributed by atoms with E-state index in [1.807, 2.05) is 30.3 Å². The van der Waals surface area contributed by atoms with E-state index in [0.29, 0.717) is 16.9 Å². The zero-order chi connectivity index (χ0) is 28.2. The molecule has 0 saturated carbocycles. The van der Waals surface area contributed by atoms with E-state index in [-0.39, 0.29) is 27.8 Å². The van der Waals surface area contributed by atoms with Gasteiger partial charge in [-0.2, -0.15) is 0 Å². The quantitative estimate of drug-likeness (QED) is 0.222. The van der Waals surface area contributed by atoms with Crippen LogP contribution in [0.25, 0.3) is 11.1 Å². The summed E-state index contributed by atoms with van der Waals surface area (Å²) in [4.78, 5) is 19.5. The van der Waals surface area contributed by atoms with Crippen LogP contribution in [0.2, 0.25) is 10.0 Å². The molecule has 5 rings (SSSR count). The third kappa shape index (κ3) is 6.39. The number of amides is 1. The number of carbonyl (C=O) groups is 1. The fourth-order valence-corrected chi connectivity index (χ4v) is 5.57. The van der Waals surface area contributed by atoms with Gasteiger partial charge in [-0.05, 0) is 54.8 Å². The van der Waals surface area contributed by atoms with Gasteiger partial charge in [-0.1, -0.05) is 65.7 Å². The van der Waals surface area contributed by atoms with Gasteiger partial charge in [0.2, 0.25) is 0 Å². The predicted octanol–water partition coefficient (Wildman–Crippen LogP) is 6.92. The van der Waals surface area contributed by atoms with E-state index in [9.17, 15) is 9.18 Å². The van der Waals surface area contributed by atoms with Crippen molar-refractivity contribution in [2.75, 3.05) is 18.8 Å². The molecule has 0 bridgehead atoms. The average Bonchev–Trinajstić information content (AvgIpc) is 3.39. The second-order valence-corrected chi connectivity index (χ2v) is 10.7. The molecular weight excluding hydrogens is 550 g/mol. The number of hydrogen-bond donors (Lipinski definition) is 2. The molecule has 4 aromatic rings. The highest BCUT2D eigenvalue weighted by Gasteiger charge is 2.24. The lowest BCUT2D eigenvalue weighted by atomic mass is 10.0. The summed E-state index contributed by atoms with van der Waals surface area (Å²) in [5.74, 6) is -0.203. The highest BCUT2D eigenvalue weighted by atomic mass is 35.5. The van der Waals surface area contributed by atoms with Crippen LogP contribution in [0.5, 0.6) is 5.75 Å². The predicted molar refractivity (Wildman–Crippen MR) is 157 cm³/mol. The Hall–Kier alpha value is -3.65. The van der Waals surface area contributed by atoms with Gasteiger partial charge in [0.1, 0.15) is 11.9 Å². The Bertz CT molecular complexity index is 1500. The SMILES string of the molecule is CC(Oc1cc(-c2ccc(C(=O)N[C@@H]3CCN(Cc4ccccc4)C3)cc2)cnc1N)c1c(Cl)ccc(F)c1Cl. The molecule has 1 unspecified atom stereocenters. The number of likely N-dealkylation sites (tertiary alicyclic amines) is 1. The number of nitrogen functional groups attached to an aromatic ring is 1. The number of carbonyl (C=O) groups excluding carboxylic acids is 1. The molecular formula is C31H29Cl2FN4O2. The van der Waals surface area contributed by atoms with Crippen LogP contribution in [0, 0.1) is 5.82 Å². The summed E-state index contributed by atoms with van der Waals surface area (Å²) in [6, 6.07) is 22.1. The fourth-order valence-electron chi connectivity index (χ4n) is 4.89. The smallest absolute Gasteiger partial charge is 0.251 e. The van der Waals surface area contributed by atoms with Crippen molar-refractivity contribution in [3.63, 3.8) is 0 Å². The second kappa shape index (κ2) is 12.3. The van der Waals surface area contributed by atoms with Crippen molar-refractivity contribution >= 4 is 34.9 Å². The number of aromatic nitrogens is 1. The molecule has 2 atom stereocenters. The molecule has 9 heteroatoms. The van der Waals surface area contributed by atoms with E-state index >= 15 is 0 Å². The number of anilines is 1. The monoisotopic (exact) mass is 578 g/mol. The maximum Gasteiger partial charge on any atom is 0.251 e. The number of nitrogens with two attached hydrogens (primary N) is 1. The number of halogens is 3. The van der Waals surface area contributed by atoms with E-state index in [2.05, 4.69) is 27.3 Å². The molecule has 1 saturated heterocycles. The molecule has 1 amide bonds. The Morgan fingerprint density at radius 2 is 1.88 bits per heavy atom. The molecule has 2 heterocycles. The number of hydrogen-bond acceptors (Lipinski definition) is 5. The molecule has 6 nitrogen and oxygen atoms in total. The standard InChI is InChI=1S/C31H29Cl2FN4O2/c1-19(28-25(32)11-12-26(34)29(28)33)40-27-15-23(16-36-30(27)35)21-7-9-22(10-8-21)31(39)37-24-13-14-38(18-24)17-20-5-3-2-4-6-20/h2-12,15-16,19,24H,13-14,17-18H2,1H3,(H2,35,36)(H,37,39)/t19?,24-/m1/s1. The minimum atomic E-state index is -0.680. The minimum Gasteiger partial charge on any atom is -0.482 e. The molecule has 3 aromatic carbocycles. The molecule has 0 aliphatic carbocycles. The van der Waals surface area contributed by atoms with E-state index < -0.39 is 11.9 Å². The Balaban J connectivity index is 1.23. The Morgan fingerprint density at radius 1 is 1.12 bits per heavy atom. The van der Waals surface area contributed by atoms with Crippen LogP contribution in [0.4, 0.5) is 10.2 Å². The van der Waals surface area contributed by atoms with Crippen LogP contribution in [0.1, 0.15) is 40.9 Å². The first-order valence-electron chi connectivity index (χ1n) is 13.0. The van der Waals surface area contributed by atoms with Crippen LogP contribution < -0.4 is 15.8 Å². The first-order valence-corrected chi connectivity index (χ1v) is 13.8. The number of benzene rings is 3. The summed E-state index contributed by atoms with van der Waals surface area (Å²) in [5, 5.41) is 3.35. The number of nitrogens with zero attached hydrogens (tertiary/aromatic N) is 2.